The Morgan fingerprint density at radius 1 is 1.18 bits per heavy atom. The number of hydrogen-bond donors (Lipinski definition) is 1. The third-order valence-electron chi connectivity index (χ3n) is 5.64. The van der Waals surface area contributed by atoms with Crippen molar-refractivity contribution in [3.05, 3.63) is 53.3 Å². The zero-order chi connectivity index (χ0) is 19.5. The minimum absolute atomic E-state index is 0.0406. The second-order valence-electron chi connectivity index (χ2n) is 7.52. The smallest absolute Gasteiger partial charge is 0.257 e. The van der Waals surface area contributed by atoms with E-state index in [0.29, 0.717) is 30.4 Å². The van der Waals surface area contributed by atoms with Gasteiger partial charge in [0.2, 0.25) is 0 Å². The van der Waals surface area contributed by atoms with Crippen LogP contribution in [0.4, 0.5) is 5.69 Å². The highest BCUT2D eigenvalue weighted by atomic mass is 16.5. The Bertz CT molecular complexity index is 840. The molecule has 2 aromatic rings. The van der Waals surface area contributed by atoms with Crippen molar-refractivity contribution < 1.29 is 9.53 Å². The van der Waals surface area contributed by atoms with E-state index in [1.165, 1.54) is 12.1 Å². The Kier molecular flexibility index (Phi) is 5.48. The number of anilines is 1. The van der Waals surface area contributed by atoms with E-state index < -0.39 is 0 Å². The second kappa shape index (κ2) is 8.19. The van der Waals surface area contributed by atoms with Gasteiger partial charge in [-0.05, 0) is 50.6 Å². The van der Waals surface area contributed by atoms with Crippen molar-refractivity contribution in [2.45, 2.75) is 25.8 Å². The van der Waals surface area contributed by atoms with Crippen molar-refractivity contribution in [2.24, 2.45) is 0 Å². The van der Waals surface area contributed by atoms with Gasteiger partial charge in [0.25, 0.3) is 5.91 Å². The topological polar surface area (TPSA) is 57.7 Å². The number of nitrogens with one attached hydrogen (secondary N) is 1. The molecule has 1 amide bonds. The number of hydrogen-bond acceptors (Lipinski definition) is 5. The lowest BCUT2D eigenvalue weighted by Gasteiger charge is -2.36. The monoisotopic (exact) mass is 380 g/mol. The summed E-state index contributed by atoms with van der Waals surface area (Å²) in [5.41, 5.74) is 4.03. The van der Waals surface area contributed by atoms with Crippen LogP contribution in [-0.2, 0) is 0 Å². The lowest BCUT2D eigenvalue weighted by atomic mass is 10.1. The maximum absolute atomic E-state index is 12.9. The van der Waals surface area contributed by atoms with Crippen LogP contribution in [0.15, 0.2) is 36.4 Å². The summed E-state index contributed by atoms with van der Waals surface area (Å²) in [6, 6.07) is 12.2. The van der Waals surface area contributed by atoms with Gasteiger partial charge in [-0.15, -0.1) is 0 Å². The molecule has 2 aliphatic rings. The normalized spacial score (nSPS) is 19.7. The first-order valence-electron chi connectivity index (χ1n) is 10.0. The van der Waals surface area contributed by atoms with Gasteiger partial charge in [-0.25, -0.2) is 0 Å². The predicted octanol–water partition coefficient (Wildman–Crippen LogP) is 2.79. The molecule has 148 valence electrons. The molecule has 1 atom stereocenters. The van der Waals surface area contributed by atoms with Crippen molar-refractivity contribution in [1.82, 2.24) is 15.2 Å². The number of pyridine rings is 1. The fourth-order valence-electron chi connectivity index (χ4n) is 4.13. The molecular weight excluding hydrogens is 352 g/mol. The van der Waals surface area contributed by atoms with Crippen LogP contribution in [0.2, 0.25) is 0 Å². The van der Waals surface area contributed by atoms with Crippen LogP contribution in [0.25, 0.3) is 0 Å². The number of carbonyl (C=O) groups is 1. The van der Waals surface area contributed by atoms with E-state index in [1.54, 1.807) is 7.11 Å². The average molecular weight is 380 g/mol. The van der Waals surface area contributed by atoms with Crippen molar-refractivity contribution >= 4 is 11.6 Å². The average Bonchev–Trinajstić information content (AvgIpc) is 3.28. The second-order valence-corrected chi connectivity index (χ2v) is 7.52. The van der Waals surface area contributed by atoms with Gasteiger partial charge in [0.1, 0.15) is 5.75 Å². The van der Waals surface area contributed by atoms with Crippen LogP contribution in [0, 0.1) is 6.92 Å². The summed E-state index contributed by atoms with van der Waals surface area (Å²) >= 11 is 0. The molecule has 1 aromatic carbocycles. The molecule has 0 saturated carbocycles. The van der Waals surface area contributed by atoms with E-state index in [1.807, 2.05) is 29.2 Å². The summed E-state index contributed by atoms with van der Waals surface area (Å²) in [7, 11) is 1.60. The summed E-state index contributed by atoms with van der Waals surface area (Å²) in [6.45, 7) is 6.18. The van der Waals surface area contributed by atoms with E-state index in [2.05, 4.69) is 29.3 Å². The standard InChI is InChI=1S/C22H28N4O2/c1-16-14-17(15-20(24-16)19-7-5-9-23-19)25-10-12-26(13-11-25)22(27)18-6-3-4-8-21(18)28-2/h3-4,6,8,14-15,19,23H,5,7,9-13H2,1-2H3/t19-/m1/s1. The van der Waals surface area contributed by atoms with Crippen LogP contribution in [0.3, 0.4) is 0 Å². The van der Waals surface area contributed by atoms with Gasteiger partial charge >= 0.3 is 0 Å². The van der Waals surface area contributed by atoms with Crippen molar-refractivity contribution in [2.75, 3.05) is 44.7 Å². The molecule has 0 unspecified atom stereocenters. The van der Waals surface area contributed by atoms with Gasteiger partial charge in [0, 0.05) is 43.6 Å². The molecule has 2 saturated heterocycles. The fourth-order valence-corrected chi connectivity index (χ4v) is 4.13. The number of methoxy groups -OCH3 is 1. The Hall–Kier alpha value is -2.60. The first-order valence-corrected chi connectivity index (χ1v) is 10.0. The maximum atomic E-state index is 12.9. The minimum Gasteiger partial charge on any atom is -0.496 e. The Balaban J connectivity index is 1.45. The third kappa shape index (κ3) is 3.83. The number of aryl methyl sites for hydroxylation is 1. The van der Waals surface area contributed by atoms with E-state index in [0.717, 1.165) is 37.4 Å². The van der Waals surface area contributed by atoms with E-state index in [4.69, 9.17) is 9.72 Å². The number of aromatic nitrogens is 1. The molecule has 1 aromatic heterocycles. The lowest BCUT2D eigenvalue weighted by molar-refractivity contribution is 0.0743. The van der Waals surface area contributed by atoms with Crippen LogP contribution < -0.4 is 15.0 Å². The number of rotatable bonds is 4. The van der Waals surface area contributed by atoms with Crippen LogP contribution in [-0.4, -0.2) is 55.6 Å². The summed E-state index contributed by atoms with van der Waals surface area (Å²) in [6.07, 6.45) is 2.36. The summed E-state index contributed by atoms with van der Waals surface area (Å²) in [5, 5.41) is 3.54. The van der Waals surface area contributed by atoms with E-state index in [-0.39, 0.29) is 5.91 Å². The number of ether oxygens (including phenoxy) is 1. The number of carbonyl (C=O) groups excluding carboxylic acids is 1. The van der Waals surface area contributed by atoms with Gasteiger partial charge in [-0.3, -0.25) is 9.78 Å². The molecule has 4 rings (SSSR count). The molecule has 28 heavy (non-hydrogen) atoms. The minimum atomic E-state index is 0.0406. The summed E-state index contributed by atoms with van der Waals surface area (Å²) in [5.74, 6) is 0.673. The van der Waals surface area contributed by atoms with Crippen LogP contribution in [0.1, 0.15) is 40.6 Å². The van der Waals surface area contributed by atoms with Crippen LogP contribution in [0.5, 0.6) is 5.75 Å². The SMILES string of the molecule is COc1ccccc1C(=O)N1CCN(c2cc(C)nc([C@H]3CCCN3)c2)CC1. The number of para-hydroxylation sites is 1. The highest BCUT2D eigenvalue weighted by molar-refractivity contribution is 5.97. The van der Waals surface area contributed by atoms with Crippen molar-refractivity contribution in [3.8, 4) is 5.75 Å². The predicted molar refractivity (Wildman–Crippen MR) is 110 cm³/mol. The largest absolute Gasteiger partial charge is 0.496 e. The lowest BCUT2D eigenvalue weighted by Crippen LogP contribution is -2.49. The number of piperazine rings is 1. The number of benzene rings is 1. The van der Waals surface area contributed by atoms with Gasteiger partial charge in [0.15, 0.2) is 0 Å². The molecule has 1 N–H and O–H groups in total. The molecule has 0 radical (unpaired) electrons. The molecule has 2 aliphatic heterocycles. The van der Waals surface area contributed by atoms with Gasteiger partial charge < -0.3 is 19.9 Å². The zero-order valence-electron chi connectivity index (χ0n) is 16.6. The Morgan fingerprint density at radius 3 is 2.68 bits per heavy atom. The first kappa shape index (κ1) is 18.7. The molecule has 2 fully saturated rings. The zero-order valence-corrected chi connectivity index (χ0v) is 16.6. The van der Waals surface area contributed by atoms with Crippen LogP contribution >= 0.6 is 0 Å². The van der Waals surface area contributed by atoms with Gasteiger partial charge in [0.05, 0.1) is 18.4 Å². The van der Waals surface area contributed by atoms with E-state index >= 15 is 0 Å². The Morgan fingerprint density at radius 2 is 1.96 bits per heavy atom. The molecule has 6 heteroatoms. The first-order chi connectivity index (χ1) is 13.7. The maximum Gasteiger partial charge on any atom is 0.257 e. The third-order valence-corrected chi connectivity index (χ3v) is 5.64. The molecule has 0 spiro atoms. The highest BCUT2D eigenvalue weighted by Gasteiger charge is 2.25. The summed E-state index contributed by atoms with van der Waals surface area (Å²) < 4.78 is 5.35. The van der Waals surface area contributed by atoms with Gasteiger partial charge in [-0.2, -0.15) is 0 Å². The number of amides is 1. The van der Waals surface area contributed by atoms with Crippen molar-refractivity contribution in [1.29, 1.82) is 0 Å². The number of nitrogens with zero attached hydrogens (tertiary/aromatic N) is 3. The molecule has 3 heterocycles. The highest BCUT2D eigenvalue weighted by Crippen LogP contribution is 2.27. The molecule has 6 nitrogen and oxygen atoms in total. The molecular formula is C22H28N4O2. The van der Waals surface area contributed by atoms with E-state index in [9.17, 15) is 4.79 Å². The molecule has 0 aliphatic carbocycles. The van der Waals surface area contributed by atoms with Crippen molar-refractivity contribution in [3.63, 3.8) is 0 Å². The Labute approximate surface area is 166 Å². The molecule has 0 bridgehead atoms. The fraction of sp³-hybridized carbons (Fsp3) is 0.455. The van der Waals surface area contributed by atoms with Gasteiger partial charge in [-0.1, -0.05) is 12.1 Å². The summed E-state index contributed by atoms with van der Waals surface area (Å²) in [4.78, 5) is 21.9. The quantitative estimate of drug-likeness (QED) is 0.884.